The third kappa shape index (κ3) is 2.76. The van der Waals surface area contributed by atoms with E-state index in [1.165, 1.54) is 0 Å². The number of aliphatic carboxylic acids is 1. The van der Waals surface area contributed by atoms with Gasteiger partial charge in [0.25, 0.3) is 0 Å². The second-order valence-electron chi connectivity index (χ2n) is 8.25. The molecule has 2 saturated heterocycles. The third-order valence-electron chi connectivity index (χ3n) is 6.49. The van der Waals surface area contributed by atoms with Crippen LogP contribution in [0.5, 0.6) is 0 Å². The number of anilines is 1. The molecule has 1 aliphatic carbocycles. The number of hydrogen-bond donors (Lipinski definition) is 1. The Hall–Kier alpha value is -2.57. The van der Waals surface area contributed by atoms with E-state index in [-0.39, 0.29) is 17.2 Å². The number of furan rings is 1. The van der Waals surface area contributed by atoms with Crippen molar-refractivity contribution in [3.63, 3.8) is 0 Å². The van der Waals surface area contributed by atoms with Crippen LogP contribution in [-0.4, -0.2) is 52.5 Å². The van der Waals surface area contributed by atoms with Crippen LogP contribution in [0.2, 0.25) is 0 Å². The summed E-state index contributed by atoms with van der Waals surface area (Å²) in [4.78, 5) is 32.8. The molecule has 7 nitrogen and oxygen atoms in total. The van der Waals surface area contributed by atoms with Crippen LogP contribution in [0.25, 0.3) is 11.0 Å². The molecule has 7 heteroatoms. The fourth-order valence-corrected chi connectivity index (χ4v) is 4.76. The zero-order chi connectivity index (χ0) is 18.6. The van der Waals surface area contributed by atoms with Crippen molar-refractivity contribution in [2.45, 2.75) is 38.1 Å². The minimum atomic E-state index is -0.867. The first-order valence-corrected chi connectivity index (χ1v) is 9.67. The second kappa shape index (κ2) is 5.97. The number of pyridine rings is 1. The lowest BCUT2D eigenvalue weighted by molar-refractivity contribution is -0.148. The maximum Gasteiger partial charge on any atom is 0.326 e. The summed E-state index contributed by atoms with van der Waals surface area (Å²) in [5.41, 5.74) is 0.738. The first kappa shape index (κ1) is 16.6. The summed E-state index contributed by atoms with van der Waals surface area (Å²) in [6.45, 7) is 2.21. The largest absolute Gasteiger partial charge is 0.480 e. The van der Waals surface area contributed by atoms with Crippen molar-refractivity contribution in [2.75, 3.05) is 24.5 Å². The average molecular weight is 369 g/mol. The highest BCUT2D eigenvalue weighted by molar-refractivity contribution is 5.89. The molecule has 2 aromatic rings. The fourth-order valence-electron chi connectivity index (χ4n) is 4.76. The molecule has 0 radical (unpaired) electrons. The van der Waals surface area contributed by atoms with Gasteiger partial charge in [-0.1, -0.05) is 0 Å². The van der Waals surface area contributed by atoms with Crippen molar-refractivity contribution in [1.82, 2.24) is 9.88 Å². The van der Waals surface area contributed by atoms with Gasteiger partial charge in [0.15, 0.2) is 0 Å². The molecule has 2 aliphatic heterocycles. The van der Waals surface area contributed by atoms with E-state index >= 15 is 0 Å². The molecule has 0 bridgehead atoms. The summed E-state index contributed by atoms with van der Waals surface area (Å²) in [6.07, 6.45) is 7.57. The maximum absolute atomic E-state index is 12.6. The van der Waals surface area contributed by atoms with E-state index in [9.17, 15) is 14.7 Å². The molecule has 27 heavy (non-hydrogen) atoms. The molecule has 0 unspecified atom stereocenters. The molecular formula is C20H23N3O4. The van der Waals surface area contributed by atoms with Crippen molar-refractivity contribution < 1.29 is 19.1 Å². The Morgan fingerprint density at radius 3 is 2.70 bits per heavy atom. The molecule has 1 N–H and O–H groups in total. The smallest absolute Gasteiger partial charge is 0.326 e. The van der Waals surface area contributed by atoms with Gasteiger partial charge in [0.1, 0.15) is 17.4 Å². The number of carboxylic acids is 1. The third-order valence-corrected chi connectivity index (χ3v) is 6.49. The highest BCUT2D eigenvalue weighted by Crippen LogP contribution is 2.46. The Balaban J connectivity index is 1.34. The molecule has 3 fully saturated rings. The minimum absolute atomic E-state index is 0.0477. The van der Waals surface area contributed by atoms with E-state index in [2.05, 4.69) is 9.88 Å². The first-order chi connectivity index (χ1) is 13.1. The number of aromatic nitrogens is 1. The number of piperidine rings is 1. The molecule has 0 aromatic carbocycles. The van der Waals surface area contributed by atoms with E-state index in [0.29, 0.717) is 13.0 Å². The molecule has 4 heterocycles. The van der Waals surface area contributed by atoms with Crippen LogP contribution >= 0.6 is 0 Å². The van der Waals surface area contributed by atoms with Gasteiger partial charge in [-0.2, -0.15) is 0 Å². The van der Waals surface area contributed by atoms with Gasteiger partial charge in [0, 0.05) is 31.7 Å². The highest BCUT2D eigenvalue weighted by Gasteiger charge is 2.51. The Bertz CT molecular complexity index is 896. The summed E-state index contributed by atoms with van der Waals surface area (Å²) in [7, 11) is 0. The summed E-state index contributed by atoms with van der Waals surface area (Å²) in [6, 6.07) is 3.13. The molecule has 1 atom stereocenters. The Morgan fingerprint density at radius 2 is 2.00 bits per heavy atom. The molecule has 142 valence electrons. The lowest BCUT2D eigenvalue weighted by Crippen LogP contribution is -2.43. The van der Waals surface area contributed by atoms with Crippen LogP contribution in [0.1, 0.15) is 32.1 Å². The zero-order valence-electron chi connectivity index (χ0n) is 15.1. The van der Waals surface area contributed by atoms with Crippen LogP contribution in [0, 0.1) is 11.3 Å². The van der Waals surface area contributed by atoms with Crippen molar-refractivity contribution in [1.29, 1.82) is 0 Å². The van der Waals surface area contributed by atoms with Crippen LogP contribution in [0.4, 0.5) is 5.82 Å². The predicted molar refractivity (Wildman–Crippen MR) is 98.4 cm³/mol. The number of rotatable bonds is 3. The molecule has 1 saturated carbocycles. The monoisotopic (exact) mass is 369 g/mol. The Kier molecular flexibility index (Phi) is 3.67. The van der Waals surface area contributed by atoms with E-state index in [1.807, 2.05) is 12.1 Å². The highest BCUT2D eigenvalue weighted by atomic mass is 16.4. The number of carboxylic acid groups (broad SMARTS) is 1. The number of nitrogens with zero attached hydrogens (tertiary/aromatic N) is 3. The topological polar surface area (TPSA) is 86.9 Å². The predicted octanol–water partition coefficient (Wildman–Crippen LogP) is 2.51. The van der Waals surface area contributed by atoms with Gasteiger partial charge >= 0.3 is 5.97 Å². The van der Waals surface area contributed by atoms with Crippen molar-refractivity contribution in [3.8, 4) is 0 Å². The minimum Gasteiger partial charge on any atom is -0.480 e. The average Bonchev–Trinajstić information content (AvgIpc) is 3.29. The van der Waals surface area contributed by atoms with Gasteiger partial charge in [-0.25, -0.2) is 9.78 Å². The molecule has 3 aliphatic rings. The summed E-state index contributed by atoms with van der Waals surface area (Å²) >= 11 is 0. The van der Waals surface area contributed by atoms with Crippen LogP contribution < -0.4 is 4.90 Å². The zero-order valence-corrected chi connectivity index (χ0v) is 15.1. The van der Waals surface area contributed by atoms with Crippen molar-refractivity contribution in [3.05, 3.63) is 24.6 Å². The number of amides is 1. The number of hydrogen-bond acceptors (Lipinski definition) is 5. The maximum atomic E-state index is 12.6. The van der Waals surface area contributed by atoms with Gasteiger partial charge in [0.05, 0.1) is 11.6 Å². The first-order valence-electron chi connectivity index (χ1n) is 9.67. The molecule has 1 spiro atoms. The normalized spacial score (nSPS) is 24.7. The van der Waals surface area contributed by atoms with Gasteiger partial charge in [-0.3, -0.25) is 4.79 Å². The summed E-state index contributed by atoms with van der Waals surface area (Å²) in [5, 5.41) is 10.7. The summed E-state index contributed by atoms with van der Waals surface area (Å²) < 4.78 is 5.48. The van der Waals surface area contributed by atoms with E-state index in [4.69, 9.17) is 4.42 Å². The lowest BCUT2D eigenvalue weighted by Gasteiger charge is -2.39. The SMILES string of the molecule is O=C(O)[C@H]1CC2(CCN(c3nccc4occc34)CC2)CN1C(=O)C1CC1. The van der Waals surface area contributed by atoms with Gasteiger partial charge in [-0.15, -0.1) is 0 Å². The number of carbonyl (C=O) groups is 2. The van der Waals surface area contributed by atoms with Crippen LogP contribution in [0.3, 0.4) is 0 Å². The fraction of sp³-hybridized carbons (Fsp3) is 0.550. The van der Waals surface area contributed by atoms with E-state index < -0.39 is 12.0 Å². The van der Waals surface area contributed by atoms with Gasteiger partial charge in [-0.05, 0) is 49.7 Å². The quantitative estimate of drug-likeness (QED) is 0.895. The van der Waals surface area contributed by atoms with Crippen molar-refractivity contribution in [2.24, 2.45) is 11.3 Å². The van der Waals surface area contributed by atoms with Crippen molar-refractivity contribution >= 4 is 28.7 Å². The Morgan fingerprint density at radius 1 is 1.22 bits per heavy atom. The Labute approximate surface area is 156 Å². The number of carbonyl (C=O) groups excluding carboxylic acids is 1. The van der Waals surface area contributed by atoms with Crippen LogP contribution in [0.15, 0.2) is 29.0 Å². The van der Waals surface area contributed by atoms with E-state index in [1.54, 1.807) is 17.4 Å². The second-order valence-corrected chi connectivity index (χ2v) is 8.25. The molecular weight excluding hydrogens is 346 g/mol. The standard InChI is InChI=1S/C20H23N3O4/c24-18(13-1-2-13)23-12-20(11-15(23)19(25)26)5-8-22(9-6-20)17-14-4-10-27-16(14)3-7-21-17/h3-4,7,10,13,15H,1-2,5-6,8-9,11-12H2,(H,25,26)/t15-/m1/s1. The lowest BCUT2D eigenvalue weighted by atomic mass is 9.76. The van der Waals surface area contributed by atoms with Gasteiger partial charge < -0.3 is 19.3 Å². The number of likely N-dealkylation sites (tertiary alicyclic amines) is 1. The van der Waals surface area contributed by atoms with E-state index in [0.717, 1.165) is 55.6 Å². The summed E-state index contributed by atoms with van der Waals surface area (Å²) in [5.74, 6) is 0.166. The molecule has 2 aromatic heterocycles. The van der Waals surface area contributed by atoms with Gasteiger partial charge in [0.2, 0.25) is 5.91 Å². The van der Waals surface area contributed by atoms with Crippen LogP contribution in [-0.2, 0) is 9.59 Å². The molecule has 5 rings (SSSR count). The number of fused-ring (bicyclic) bond motifs is 1. The molecule has 1 amide bonds.